The summed E-state index contributed by atoms with van der Waals surface area (Å²) in [5.74, 6) is 0. The predicted molar refractivity (Wildman–Crippen MR) is 66.6 cm³/mol. The molecule has 0 amide bonds. The molecular formula is C13H24N2O. The summed E-state index contributed by atoms with van der Waals surface area (Å²) in [6, 6.07) is 1.18. The average Bonchev–Trinajstić information content (AvgIpc) is 2.31. The molecule has 0 aromatic rings. The lowest BCUT2D eigenvalue weighted by molar-refractivity contribution is 0.0340. The molecule has 0 aromatic carbocycles. The first-order valence-corrected chi connectivity index (χ1v) is 6.57. The molecule has 0 aromatic heterocycles. The van der Waals surface area contributed by atoms with E-state index >= 15 is 0 Å². The molecule has 1 aliphatic carbocycles. The molecule has 0 bridgehead atoms. The third kappa shape index (κ3) is 3.89. The Balaban J connectivity index is 1.68. The molecule has 0 radical (unpaired) electrons. The second kappa shape index (κ2) is 6.38. The number of rotatable bonds is 4. The lowest BCUT2D eigenvalue weighted by atomic mass is 10.0. The second-order valence-corrected chi connectivity index (χ2v) is 4.95. The molecule has 2 unspecified atom stereocenters. The van der Waals surface area contributed by atoms with Crippen LogP contribution in [-0.2, 0) is 4.74 Å². The molecule has 2 rings (SSSR count). The van der Waals surface area contributed by atoms with Crippen LogP contribution in [0.1, 0.15) is 26.2 Å². The van der Waals surface area contributed by atoms with Crippen LogP contribution in [0.2, 0.25) is 0 Å². The monoisotopic (exact) mass is 224 g/mol. The fourth-order valence-electron chi connectivity index (χ4n) is 2.54. The molecule has 1 saturated heterocycles. The maximum atomic E-state index is 5.36. The van der Waals surface area contributed by atoms with E-state index in [0.717, 1.165) is 32.8 Å². The minimum Gasteiger partial charge on any atom is -0.379 e. The summed E-state index contributed by atoms with van der Waals surface area (Å²) in [7, 11) is 0. The Labute approximate surface area is 98.8 Å². The highest BCUT2D eigenvalue weighted by atomic mass is 16.5. The average molecular weight is 224 g/mol. The minimum atomic E-state index is 0.575. The van der Waals surface area contributed by atoms with E-state index < -0.39 is 0 Å². The first kappa shape index (κ1) is 12.1. The van der Waals surface area contributed by atoms with Crippen LogP contribution in [0.5, 0.6) is 0 Å². The van der Waals surface area contributed by atoms with Gasteiger partial charge in [-0.2, -0.15) is 0 Å². The third-order valence-electron chi connectivity index (χ3n) is 3.39. The van der Waals surface area contributed by atoms with Crippen molar-refractivity contribution in [1.29, 1.82) is 0 Å². The van der Waals surface area contributed by atoms with Crippen molar-refractivity contribution in [3.05, 3.63) is 12.2 Å². The van der Waals surface area contributed by atoms with Gasteiger partial charge in [0, 0.05) is 31.7 Å². The summed E-state index contributed by atoms with van der Waals surface area (Å²) in [6.45, 7) is 7.41. The molecule has 2 aliphatic rings. The van der Waals surface area contributed by atoms with Crippen molar-refractivity contribution in [3.63, 3.8) is 0 Å². The van der Waals surface area contributed by atoms with Gasteiger partial charge < -0.3 is 10.1 Å². The largest absolute Gasteiger partial charge is 0.379 e. The van der Waals surface area contributed by atoms with Gasteiger partial charge in [0.25, 0.3) is 0 Å². The van der Waals surface area contributed by atoms with Crippen molar-refractivity contribution < 1.29 is 4.74 Å². The number of hydrogen-bond donors (Lipinski definition) is 1. The minimum absolute atomic E-state index is 0.575. The number of nitrogens with one attached hydrogen (secondary N) is 1. The van der Waals surface area contributed by atoms with E-state index in [2.05, 4.69) is 29.3 Å². The molecule has 1 aliphatic heterocycles. The van der Waals surface area contributed by atoms with Crippen molar-refractivity contribution in [2.75, 3.05) is 32.8 Å². The third-order valence-corrected chi connectivity index (χ3v) is 3.39. The van der Waals surface area contributed by atoms with Crippen molar-refractivity contribution in [2.45, 2.75) is 38.3 Å². The van der Waals surface area contributed by atoms with Crippen LogP contribution in [0, 0.1) is 0 Å². The molecule has 3 nitrogen and oxygen atoms in total. The summed E-state index contributed by atoms with van der Waals surface area (Å²) in [5.41, 5.74) is 0. The summed E-state index contributed by atoms with van der Waals surface area (Å²) >= 11 is 0. The standard InChI is InChI=1S/C13H24N2O/c1-12(11-15-7-9-16-10-8-15)14-13-5-3-2-4-6-13/h3,5,12-14H,2,4,6-11H2,1H3. The molecule has 92 valence electrons. The lowest BCUT2D eigenvalue weighted by Gasteiger charge is -2.31. The van der Waals surface area contributed by atoms with Gasteiger partial charge in [0.05, 0.1) is 13.2 Å². The van der Waals surface area contributed by atoms with E-state index in [9.17, 15) is 0 Å². The highest BCUT2D eigenvalue weighted by Gasteiger charge is 2.16. The number of nitrogens with zero attached hydrogens (tertiary/aromatic N) is 1. The van der Waals surface area contributed by atoms with Gasteiger partial charge >= 0.3 is 0 Å². The molecule has 2 atom stereocenters. The Hall–Kier alpha value is -0.380. The number of hydrogen-bond acceptors (Lipinski definition) is 3. The van der Waals surface area contributed by atoms with E-state index in [0.29, 0.717) is 12.1 Å². The topological polar surface area (TPSA) is 24.5 Å². The van der Waals surface area contributed by atoms with E-state index in [4.69, 9.17) is 4.74 Å². The van der Waals surface area contributed by atoms with Crippen LogP contribution < -0.4 is 5.32 Å². The van der Waals surface area contributed by atoms with Crippen LogP contribution in [0.15, 0.2) is 12.2 Å². The van der Waals surface area contributed by atoms with Gasteiger partial charge in [-0.05, 0) is 26.2 Å². The number of allylic oxidation sites excluding steroid dienone is 1. The highest BCUT2D eigenvalue weighted by Crippen LogP contribution is 2.11. The second-order valence-electron chi connectivity index (χ2n) is 4.95. The summed E-state index contributed by atoms with van der Waals surface area (Å²) in [5, 5.41) is 3.70. The molecular weight excluding hydrogens is 200 g/mol. The van der Waals surface area contributed by atoms with Gasteiger partial charge in [0.1, 0.15) is 0 Å². The highest BCUT2D eigenvalue weighted by molar-refractivity contribution is 4.98. The first-order chi connectivity index (χ1) is 7.84. The summed E-state index contributed by atoms with van der Waals surface area (Å²) in [6.07, 6.45) is 8.53. The Morgan fingerprint density at radius 2 is 2.25 bits per heavy atom. The number of ether oxygens (including phenoxy) is 1. The van der Waals surface area contributed by atoms with Gasteiger partial charge in [0.2, 0.25) is 0 Å². The molecule has 0 saturated carbocycles. The van der Waals surface area contributed by atoms with Crippen LogP contribution in [0.3, 0.4) is 0 Å². The first-order valence-electron chi connectivity index (χ1n) is 6.57. The Bertz CT molecular complexity index is 224. The van der Waals surface area contributed by atoms with Crippen molar-refractivity contribution in [3.8, 4) is 0 Å². The van der Waals surface area contributed by atoms with Crippen molar-refractivity contribution in [2.24, 2.45) is 0 Å². The predicted octanol–water partition coefficient (Wildman–Crippen LogP) is 1.41. The van der Waals surface area contributed by atoms with Gasteiger partial charge in [-0.3, -0.25) is 4.90 Å². The van der Waals surface area contributed by atoms with Crippen LogP contribution in [0.4, 0.5) is 0 Å². The zero-order valence-corrected chi connectivity index (χ0v) is 10.3. The molecule has 16 heavy (non-hydrogen) atoms. The number of morpholine rings is 1. The van der Waals surface area contributed by atoms with Crippen LogP contribution in [-0.4, -0.2) is 49.8 Å². The molecule has 1 fully saturated rings. The van der Waals surface area contributed by atoms with Crippen molar-refractivity contribution in [1.82, 2.24) is 10.2 Å². The Kier molecular flexibility index (Phi) is 4.82. The van der Waals surface area contributed by atoms with Gasteiger partial charge in [-0.15, -0.1) is 0 Å². The van der Waals surface area contributed by atoms with Crippen LogP contribution >= 0.6 is 0 Å². The van der Waals surface area contributed by atoms with Gasteiger partial charge in [0.15, 0.2) is 0 Å². The normalized spacial score (nSPS) is 29.2. The van der Waals surface area contributed by atoms with E-state index in [1.54, 1.807) is 0 Å². The van der Waals surface area contributed by atoms with E-state index in [1.807, 2.05) is 0 Å². The lowest BCUT2D eigenvalue weighted by Crippen LogP contribution is -2.47. The zero-order chi connectivity index (χ0) is 11.2. The van der Waals surface area contributed by atoms with E-state index in [-0.39, 0.29) is 0 Å². The van der Waals surface area contributed by atoms with E-state index in [1.165, 1.54) is 19.3 Å². The fraction of sp³-hybridized carbons (Fsp3) is 0.846. The molecule has 0 spiro atoms. The Morgan fingerprint density at radius 1 is 1.44 bits per heavy atom. The van der Waals surface area contributed by atoms with Gasteiger partial charge in [-0.1, -0.05) is 12.2 Å². The maximum Gasteiger partial charge on any atom is 0.0594 e. The van der Waals surface area contributed by atoms with Crippen LogP contribution in [0.25, 0.3) is 0 Å². The quantitative estimate of drug-likeness (QED) is 0.731. The summed E-state index contributed by atoms with van der Waals surface area (Å²) < 4.78 is 5.36. The maximum absolute atomic E-state index is 5.36. The summed E-state index contributed by atoms with van der Waals surface area (Å²) in [4.78, 5) is 2.49. The molecule has 3 heteroatoms. The van der Waals surface area contributed by atoms with Crippen molar-refractivity contribution >= 4 is 0 Å². The molecule has 1 heterocycles. The SMILES string of the molecule is CC(CN1CCOCC1)NC1C=CCCC1. The van der Waals surface area contributed by atoms with Gasteiger partial charge in [-0.25, -0.2) is 0 Å². The zero-order valence-electron chi connectivity index (χ0n) is 10.3. The smallest absolute Gasteiger partial charge is 0.0594 e. The molecule has 1 N–H and O–H groups in total. The fourth-order valence-corrected chi connectivity index (χ4v) is 2.54. The Morgan fingerprint density at radius 3 is 2.94 bits per heavy atom.